The van der Waals surface area contributed by atoms with E-state index in [1.54, 1.807) is 0 Å². The molecule has 7 heteroatoms. The number of aromatic nitrogens is 1. The molecule has 37 heavy (non-hydrogen) atoms. The summed E-state index contributed by atoms with van der Waals surface area (Å²) in [5.74, 6) is 0.237. The van der Waals surface area contributed by atoms with E-state index in [0.717, 1.165) is 24.2 Å². The minimum Gasteiger partial charge on any atom is -1.00 e. The lowest BCUT2D eigenvalue weighted by Crippen LogP contribution is -3.00. The molecule has 0 spiro atoms. The summed E-state index contributed by atoms with van der Waals surface area (Å²) in [7, 11) is 0. The molecule has 8 atom stereocenters. The largest absolute Gasteiger partial charge is 1.00 e. The van der Waals surface area contributed by atoms with Crippen molar-refractivity contribution in [3.05, 3.63) is 37.2 Å². The normalized spacial score (nSPS) is 39.2. The maximum absolute atomic E-state index is 13.5. The van der Waals surface area contributed by atoms with Crippen molar-refractivity contribution in [2.24, 2.45) is 34.0 Å². The van der Waals surface area contributed by atoms with Gasteiger partial charge in [0.15, 0.2) is 18.4 Å². The molecule has 0 amide bonds. The predicted octanol–water partition coefficient (Wildman–Crippen LogP) is 2.56. The number of pyridine rings is 1. The molecule has 3 fully saturated rings. The molecule has 1 aromatic rings. The molecular weight excluding hydrogens is 597 g/mol. The Morgan fingerprint density at radius 3 is 2.51 bits per heavy atom. The van der Waals surface area contributed by atoms with Crippen molar-refractivity contribution < 1.29 is 48.0 Å². The monoisotopic (exact) mass is 641 g/mol. The summed E-state index contributed by atoms with van der Waals surface area (Å²) in [6, 6.07) is 4.43. The Bertz CT molecular complexity index is 1020. The Labute approximate surface area is 244 Å². The molecule has 0 saturated heterocycles. The molecule has 0 unspecified atom stereocenters. The van der Waals surface area contributed by atoms with Gasteiger partial charge in [0, 0.05) is 40.2 Å². The number of aliphatic hydroxyl groups is 1. The van der Waals surface area contributed by atoms with E-state index in [1.165, 1.54) is 11.8 Å². The molecule has 2 bridgehead atoms. The second kappa shape index (κ2) is 11.3. The first-order valence-electron chi connectivity index (χ1n) is 13.6. The van der Waals surface area contributed by atoms with E-state index >= 15 is 0 Å². The van der Waals surface area contributed by atoms with E-state index in [9.17, 15) is 14.7 Å². The van der Waals surface area contributed by atoms with Crippen LogP contribution >= 0.6 is 11.8 Å². The number of thioether (sulfide) groups is 1. The lowest BCUT2D eigenvalue weighted by molar-refractivity contribution is -0.716. The summed E-state index contributed by atoms with van der Waals surface area (Å²) in [4.78, 5) is 27.8. The number of hydrogen-bond donors (Lipinski definition) is 1. The highest BCUT2D eigenvalue weighted by Gasteiger charge is 2.68. The first-order valence-corrected chi connectivity index (χ1v) is 14.5. The number of Topliss-reactive ketones (excluding diaryl/α,β-unsaturated/α-hetero) is 1. The molecule has 0 radical (unpaired) electrons. The van der Waals surface area contributed by atoms with Crippen LogP contribution in [0.4, 0.5) is 0 Å². The highest BCUT2D eigenvalue weighted by atomic mass is 127. The van der Waals surface area contributed by atoms with Gasteiger partial charge in [0.2, 0.25) is 0 Å². The number of ether oxygens (including phenoxy) is 1. The molecule has 0 aromatic carbocycles. The summed E-state index contributed by atoms with van der Waals surface area (Å²) in [6.45, 7) is 16.9. The summed E-state index contributed by atoms with van der Waals surface area (Å²) in [5, 5.41) is 11.6. The number of halogens is 1. The maximum atomic E-state index is 13.5. The fourth-order valence-corrected chi connectivity index (χ4v) is 8.37. The average molecular weight is 642 g/mol. The molecule has 3 aliphatic carbocycles. The third-order valence-corrected chi connectivity index (χ3v) is 11.3. The van der Waals surface area contributed by atoms with Gasteiger partial charge in [-0.25, -0.2) is 4.57 Å². The summed E-state index contributed by atoms with van der Waals surface area (Å²) < 4.78 is 8.45. The van der Waals surface area contributed by atoms with Crippen LogP contribution in [0.2, 0.25) is 0 Å². The molecule has 1 N–H and O–H groups in total. The first-order chi connectivity index (χ1) is 16.9. The van der Waals surface area contributed by atoms with E-state index in [2.05, 4.69) is 45.8 Å². The van der Waals surface area contributed by atoms with Crippen LogP contribution in [0.15, 0.2) is 42.1 Å². The Morgan fingerprint density at radius 2 is 1.92 bits per heavy atom. The van der Waals surface area contributed by atoms with Gasteiger partial charge < -0.3 is 33.8 Å². The number of aliphatic hydroxyl groups excluding tert-OH is 1. The van der Waals surface area contributed by atoms with Gasteiger partial charge in [-0.15, -0.1) is 18.3 Å². The Morgan fingerprint density at radius 1 is 1.27 bits per heavy atom. The fraction of sp³-hybridized carbons (Fsp3) is 0.700. The Kier molecular flexibility index (Phi) is 9.33. The molecular formula is C30H44INO4S. The zero-order valence-corrected chi connectivity index (χ0v) is 26.2. The zero-order chi connectivity index (χ0) is 26.5. The van der Waals surface area contributed by atoms with Gasteiger partial charge in [-0.05, 0) is 56.8 Å². The second-order valence-corrected chi connectivity index (χ2v) is 13.5. The van der Waals surface area contributed by atoms with Crippen LogP contribution in [0.1, 0.15) is 79.7 Å². The van der Waals surface area contributed by atoms with Gasteiger partial charge in [-0.1, -0.05) is 33.8 Å². The minimum atomic E-state index is -0.645. The molecule has 3 saturated carbocycles. The zero-order valence-electron chi connectivity index (χ0n) is 23.2. The van der Waals surface area contributed by atoms with Gasteiger partial charge >= 0.3 is 5.97 Å². The van der Waals surface area contributed by atoms with Crippen molar-refractivity contribution in [1.29, 1.82) is 0 Å². The minimum absolute atomic E-state index is 0. The molecule has 0 aliphatic heterocycles. The van der Waals surface area contributed by atoms with Crippen LogP contribution in [-0.4, -0.2) is 34.8 Å². The lowest BCUT2D eigenvalue weighted by Gasteiger charge is -2.61. The SMILES string of the molecule is C=C[C@]1(C)C[C@@H](OC(=O)CSc2cc[n+](C(C)C)cc2)[C@]2(C)[C@H](C)CC[C@]3(CCC(=O)[C@H]32)[C@@H](C)[C@@H]1O.[I-]. The Balaban J connectivity index is 0.00000380. The molecule has 1 heterocycles. The van der Waals surface area contributed by atoms with E-state index < -0.39 is 23.0 Å². The van der Waals surface area contributed by atoms with Crippen molar-refractivity contribution in [3.63, 3.8) is 0 Å². The summed E-state index contributed by atoms with van der Waals surface area (Å²) >= 11 is 1.47. The number of carbonyl (C=O) groups excluding carboxylic acids is 2. The van der Waals surface area contributed by atoms with Crippen LogP contribution in [0, 0.1) is 34.0 Å². The average Bonchev–Trinajstić information content (AvgIpc) is 3.21. The molecule has 5 nitrogen and oxygen atoms in total. The van der Waals surface area contributed by atoms with Crippen molar-refractivity contribution in [2.45, 2.75) is 96.8 Å². The summed E-state index contributed by atoms with van der Waals surface area (Å²) in [5.41, 5.74) is -1.33. The van der Waals surface area contributed by atoms with E-state index in [0.29, 0.717) is 18.9 Å². The van der Waals surface area contributed by atoms with Crippen LogP contribution in [0.5, 0.6) is 0 Å². The number of ketones is 1. The third kappa shape index (κ3) is 5.18. The number of rotatable bonds is 6. The van der Waals surface area contributed by atoms with Gasteiger partial charge in [0.05, 0.1) is 11.9 Å². The van der Waals surface area contributed by atoms with E-state index in [4.69, 9.17) is 4.74 Å². The molecule has 206 valence electrons. The topological polar surface area (TPSA) is 67.5 Å². The number of carbonyl (C=O) groups is 2. The first kappa shape index (κ1) is 30.6. The second-order valence-electron chi connectivity index (χ2n) is 12.4. The van der Waals surface area contributed by atoms with Crippen molar-refractivity contribution >= 4 is 23.5 Å². The van der Waals surface area contributed by atoms with Crippen molar-refractivity contribution in [3.8, 4) is 0 Å². The van der Waals surface area contributed by atoms with Crippen molar-refractivity contribution in [1.82, 2.24) is 0 Å². The Hall–Kier alpha value is -0.930. The van der Waals surface area contributed by atoms with Crippen LogP contribution < -0.4 is 28.5 Å². The smallest absolute Gasteiger partial charge is 0.316 e. The standard InChI is InChI=1S/C30H44NO4S.HI/c1-8-28(6)17-24(35-25(33)18-36-22-11-15-31(16-12-22)19(2)3)29(7)20(4)9-13-30(21(5)27(28)34)14-10-23(32)26(29)30;/h8,11-12,15-16,19-21,24,26-27,34H,1,9-10,13-14,17-18H2,2-7H3;1H/q+1;/p-1/t20-,21+,24-,26+,27+,28-,29+,30+;/m1./s1. The van der Waals surface area contributed by atoms with E-state index in [-0.39, 0.29) is 64.7 Å². The van der Waals surface area contributed by atoms with Crippen LogP contribution in [-0.2, 0) is 14.3 Å². The van der Waals surface area contributed by atoms with Gasteiger partial charge in [0.25, 0.3) is 0 Å². The lowest BCUT2D eigenvalue weighted by atomic mass is 9.44. The predicted molar refractivity (Wildman–Crippen MR) is 142 cm³/mol. The molecule has 4 rings (SSSR count). The highest BCUT2D eigenvalue weighted by molar-refractivity contribution is 8.00. The molecule has 3 aliphatic rings. The van der Waals surface area contributed by atoms with Gasteiger partial charge in [0.1, 0.15) is 11.9 Å². The van der Waals surface area contributed by atoms with Crippen LogP contribution in [0.25, 0.3) is 0 Å². The van der Waals surface area contributed by atoms with E-state index in [1.807, 2.05) is 37.5 Å². The number of esters is 1. The van der Waals surface area contributed by atoms with Gasteiger partial charge in [-0.3, -0.25) is 9.59 Å². The fourth-order valence-electron chi connectivity index (χ4n) is 7.70. The third-order valence-electron chi connectivity index (χ3n) is 10.4. The quantitative estimate of drug-likeness (QED) is 0.170. The van der Waals surface area contributed by atoms with Crippen molar-refractivity contribution in [2.75, 3.05) is 5.75 Å². The molecule has 1 aromatic heterocycles. The van der Waals surface area contributed by atoms with Crippen LogP contribution in [0.3, 0.4) is 0 Å². The van der Waals surface area contributed by atoms with Gasteiger partial charge in [-0.2, -0.15) is 0 Å². The highest BCUT2D eigenvalue weighted by Crippen LogP contribution is 2.68. The maximum Gasteiger partial charge on any atom is 0.316 e. The number of hydrogen-bond acceptors (Lipinski definition) is 5. The number of nitrogens with zero attached hydrogens (tertiary/aromatic N) is 1. The summed E-state index contributed by atoms with van der Waals surface area (Å²) in [6.07, 6.45) is 8.54.